The molecule has 2 amide bonds. The van der Waals surface area contributed by atoms with Crippen LogP contribution in [0.4, 0.5) is 4.79 Å². The van der Waals surface area contributed by atoms with Crippen LogP contribution >= 0.6 is 0 Å². The summed E-state index contributed by atoms with van der Waals surface area (Å²) >= 11 is 0. The molecule has 1 aliphatic carbocycles. The van der Waals surface area contributed by atoms with Crippen molar-refractivity contribution < 1.29 is 4.79 Å². The van der Waals surface area contributed by atoms with E-state index in [4.69, 9.17) is 5.41 Å². The minimum Gasteiger partial charge on any atom is -0.312 e. The van der Waals surface area contributed by atoms with Crippen LogP contribution in [0.2, 0.25) is 0 Å². The van der Waals surface area contributed by atoms with Gasteiger partial charge in [-0.2, -0.15) is 0 Å². The molecule has 0 bridgehead atoms. The van der Waals surface area contributed by atoms with Gasteiger partial charge in [0.1, 0.15) is 11.4 Å². The van der Waals surface area contributed by atoms with E-state index < -0.39 is 0 Å². The van der Waals surface area contributed by atoms with Crippen LogP contribution in [0.15, 0.2) is 0 Å². The van der Waals surface area contributed by atoms with E-state index >= 15 is 0 Å². The molecule has 2 atom stereocenters. The summed E-state index contributed by atoms with van der Waals surface area (Å²) in [5, 5.41) is 11.0. The summed E-state index contributed by atoms with van der Waals surface area (Å²) in [5.74, 6) is 0.974. The number of amides is 2. The molecular formula is C14H25N3O. The average Bonchev–Trinajstić information content (AvgIpc) is 2.40. The van der Waals surface area contributed by atoms with Gasteiger partial charge in [-0.05, 0) is 37.0 Å². The molecular weight excluding hydrogens is 226 g/mol. The van der Waals surface area contributed by atoms with E-state index in [1.807, 2.05) is 4.90 Å². The van der Waals surface area contributed by atoms with Gasteiger partial charge in [-0.3, -0.25) is 10.7 Å². The number of hydrogen-bond acceptors (Lipinski definition) is 2. The number of rotatable bonds is 2. The van der Waals surface area contributed by atoms with E-state index in [1.165, 1.54) is 6.42 Å². The number of urea groups is 1. The Balaban J connectivity index is 2.36. The molecule has 2 aliphatic rings. The number of hydrogen-bond donors (Lipinski definition) is 2. The SMILES string of the molecule is CCCN1C(=O)NC(=N)C12CC(C)CC(C)(C)C2. The van der Waals surface area contributed by atoms with Crippen molar-refractivity contribution in [2.75, 3.05) is 6.54 Å². The first-order valence-electron chi connectivity index (χ1n) is 6.98. The largest absolute Gasteiger partial charge is 0.323 e. The van der Waals surface area contributed by atoms with Gasteiger partial charge in [0, 0.05) is 6.54 Å². The smallest absolute Gasteiger partial charge is 0.312 e. The van der Waals surface area contributed by atoms with Gasteiger partial charge < -0.3 is 4.90 Å². The summed E-state index contributed by atoms with van der Waals surface area (Å²) in [6, 6.07) is -0.0771. The van der Waals surface area contributed by atoms with Crippen LogP contribution in [0.3, 0.4) is 0 Å². The van der Waals surface area contributed by atoms with Crippen LogP contribution in [0.25, 0.3) is 0 Å². The quantitative estimate of drug-likeness (QED) is 0.779. The van der Waals surface area contributed by atoms with Crippen molar-refractivity contribution in [2.45, 2.75) is 58.9 Å². The highest BCUT2D eigenvalue weighted by Gasteiger charge is 2.55. The second-order valence-electron chi connectivity index (χ2n) is 6.84. The van der Waals surface area contributed by atoms with E-state index in [-0.39, 0.29) is 17.0 Å². The molecule has 18 heavy (non-hydrogen) atoms. The van der Waals surface area contributed by atoms with Crippen molar-refractivity contribution in [1.82, 2.24) is 10.2 Å². The lowest BCUT2D eigenvalue weighted by atomic mass is 9.63. The molecule has 0 aromatic carbocycles. The molecule has 1 heterocycles. The lowest BCUT2D eigenvalue weighted by Gasteiger charge is -2.48. The van der Waals surface area contributed by atoms with Gasteiger partial charge in [0.05, 0.1) is 0 Å². The Morgan fingerprint density at radius 1 is 1.44 bits per heavy atom. The summed E-state index contributed by atoms with van der Waals surface area (Å²) in [5.41, 5.74) is -0.170. The average molecular weight is 251 g/mol. The predicted octanol–water partition coefficient (Wildman–Crippen LogP) is 2.98. The number of nitrogens with one attached hydrogen (secondary N) is 2. The summed E-state index contributed by atoms with van der Waals surface area (Å²) in [4.78, 5) is 13.9. The van der Waals surface area contributed by atoms with Gasteiger partial charge >= 0.3 is 6.03 Å². The molecule has 2 N–H and O–H groups in total. The second-order valence-corrected chi connectivity index (χ2v) is 6.84. The normalized spacial score (nSPS) is 35.1. The Morgan fingerprint density at radius 3 is 2.67 bits per heavy atom. The fourth-order valence-electron chi connectivity index (χ4n) is 4.08. The van der Waals surface area contributed by atoms with Crippen molar-refractivity contribution in [3.8, 4) is 0 Å². The Kier molecular flexibility index (Phi) is 3.16. The first-order valence-corrected chi connectivity index (χ1v) is 6.98. The maximum Gasteiger partial charge on any atom is 0.323 e. The number of carbonyl (C=O) groups is 1. The van der Waals surface area contributed by atoms with Gasteiger partial charge in [-0.25, -0.2) is 4.79 Å². The van der Waals surface area contributed by atoms with Crippen molar-refractivity contribution in [3.05, 3.63) is 0 Å². The highest BCUT2D eigenvalue weighted by molar-refractivity contribution is 6.08. The van der Waals surface area contributed by atoms with Crippen LogP contribution in [-0.4, -0.2) is 28.9 Å². The van der Waals surface area contributed by atoms with Crippen LogP contribution in [0.1, 0.15) is 53.4 Å². The minimum absolute atomic E-state index is 0.0771. The maximum absolute atomic E-state index is 12.0. The molecule has 1 saturated heterocycles. The third-order valence-electron chi connectivity index (χ3n) is 4.26. The number of nitrogens with zero attached hydrogens (tertiary/aromatic N) is 1. The van der Waals surface area contributed by atoms with Crippen LogP contribution in [0.5, 0.6) is 0 Å². The fraction of sp³-hybridized carbons (Fsp3) is 0.857. The molecule has 4 nitrogen and oxygen atoms in total. The molecule has 0 aromatic heterocycles. The first-order chi connectivity index (χ1) is 8.31. The molecule has 0 radical (unpaired) electrons. The predicted molar refractivity (Wildman–Crippen MR) is 72.8 cm³/mol. The maximum atomic E-state index is 12.0. The Hall–Kier alpha value is -1.06. The summed E-state index contributed by atoms with van der Waals surface area (Å²) in [6.07, 6.45) is 3.95. The highest BCUT2D eigenvalue weighted by atomic mass is 16.2. The van der Waals surface area contributed by atoms with E-state index in [1.54, 1.807) is 0 Å². The fourth-order valence-corrected chi connectivity index (χ4v) is 4.08. The van der Waals surface area contributed by atoms with E-state index in [9.17, 15) is 4.79 Å². The van der Waals surface area contributed by atoms with Crippen LogP contribution in [0, 0.1) is 16.7 Å². The second kappa shape index (κ2) is 4.25. The van der Waals surface area contributed by atoms with Crippen molar-refractivity contribution in [2.24, 2.45) is 11.3 Å². The topological polar surface area (TPSA) is 56.2 Å². The first kappa shape index (κ1) is 13.4. The molecule has 1 aliphatic heterocycles. The number of carbonyl (C=O) groups excluding carboxylic acids is 1. The molecule has 102 valence electrons. The Bertz CT molecular complexity index is 377. The highest BCUT2D eigenvalue weighted by Crippen LogP contribution is 2.48. The zero-order chi connectivity index (χ0) is 13.6. The number of amidine groups is 1. The summed E-state index contributed by atoms with van der Waals surface area (Å²) in [7, 11) is 0. The van der Waals surface area contributed by atoms with E-state index in [2.05, 4.69) is 33.0 Å². The van der Waals surface area contributed by atoms with Crippen molar-refractivity contribution >= 4 is 11.9 Å². The molecule has 2 fully saturated rings. The standard InChI is InChI=1S/C14H25N3O/c1-5-6-17-12(18)16-11(15)14(17)8-10(2)7-13(3,4)9-14/h10H,5-9H2,1-4H3,(H2,15,16,18). The molecule has 0 aromatic rings. The summed E-state index contributed by atoms with van der Waals surface area (Å²) in [6.45, 7) is 9.58. The molecule has 2 unspecified atom stereocenters. The van der Waals surface area contributed by atoms with Gasteiger partial charge in [-0.15, -0.1) is 0 Å². The molecule has 1 saturated carbocycles. The zero-order valence-corrected chi connectivity index (χ0v) is 12.0. The molecule has 4 heteroatoms. The van der Waals surface area contributed by atoms with Crippen LogP contribution < -0.4 is 5.32 Å². The third kappa shape index (κ3) is 2.02. The lowest BCUT2D eigenvalue weighted by Crippen LogP contribution is -2.56. The van der Waals surface area contributed by atoms with Crippen LogP contribution in [-0.2, 0) is 0 Å². The third-order valence-corrected chi connectivity index (χ3v) is 4.26. The van der Waals surface area contributed by atoms with Gasteiger partial charge in [0.2, 0.25) is 0 Å². The van der Waals surface area contributed by atoms with E-state index in [0.717, 1.165) is 25.8 Å². The molecule has 1 spiro atoms. The summed E-state index contributed by atoms with van der Waals surface area (Å²) < 4.78 is 0. The Labute approximate surface area is 110 Å². The monoisotopic (exact) mass is 251 g/mol. The van der Waals surface area contributed by atoms with Gasteiger partial charge in [0.25, 0.3) is 0 Å². The minimum atomic E-state index is -0.367. The zero-order valence-electron chi connectivity index (χ0n) is 12.0. The van der Waals surface area contributed by atoms with Crippen molar-refractivity contribution in [3.63, 3.8) is 0 Å². The van der Waals surface area contributed by atoms with E-state index in [0.29, 0.717) is 11.8 Å². The van der Waals surface area contributed by atoms with Gasteiger partial charge in [0.15, 0.2) is 0 Å². The van der Waals surface area contributed by atoms with Crippen molar-refractivity contribution in [1.29, 1.82) is 5.41 Å². The van der Waals surface area contributed by atoms with Gasteiger partial charge in [-0.1, -0.05) is 27.7 Å². The Morgan fingerprint density at radius 2 is 2.11 bits per heavy atom. The molecule has 2 rings (SSSR count). The lowest BCUT2D eigenvalue weighted by molar-refractivity contribution is 0.0611.